The van der Waals surface area contributed by atoms with E-state index in [4.69, 9.17) is 15.2 Å². The number of alkyl halides is 3. The van der Waals surface area contributed by atoms with Crippen molar-refractivity contribution in [1.82, 2.24) is 14.9 Å². The van der Waals surface area contributed by atoms with Crippen LogP contribution in [0.2, 0.25) is 0 Å². The summed E-state index contributed by atoms with van der Waals surface area (Å²) in [6.45, 7) is 2.50. The lowest BCUT2D eigenvalue weighted by molar-refractivity contribution is -0.137. The molecule has 178 valence electrons. The SMILES string of the molecule is C[C@H]1COC[C@@H](c2ccc(C(F)(F)F)cc2F)N1C(=O)c1cc2c3c(c(N)nc2cn1)COC3. The monoisotopic (exact) mass is 476 g/mol. The highest BCUT2D eigenvalue weighted by Crippen LogP contribution is 2.36. The number of hydrogen-bond acceptors (Lipinski definition) is 6. The molecule has 2 atom stereocenters. The number of morpholine rings is 1. The van der Waals surface area contributed by atoms with Crippen LogP contribution in [0.4, 0.5) is 23.4 Å². The van der Waals surface area contributed by atoms with Gasteiger partial charge in [-0.25, -0.2) is 14.4 Å². The van der Waals surface area contributed by atoms with Crippen molar-refractivity contribution in [1.29, 1.82) is 0 Å². The van der Waals surface area contributed by atoms with Crippen molar-refractivity contribution in [2.75, 3.05) is 18.9 Å². The van der Waals surface area contributed by atoms with E-state index >= 15 is 0 Å². The van der Waals surface area contributed by atoms with Crippen molar-refractivity contribution >= 4 is 22.6 Å². The number of amides is 1. The standard InChI is InChI=1S/C23H20F4N4O3/c1-11-7-33-10-20(13-3-2-12(4-17(13)24)23(25,26)27)31(11)22(32)18-5-14-15-8-34-9-16(15)21(28)30-19(14)6-29-18/h2-6,11,20H,7-10H2,1H3,(H2,28,30)/t11-,20-/m0/s1. The largest absolute Gasteiger partial charge is 0.416 e. The number of fused-ring (bicyclic) bond motifs is 3. The molecule has 0 aliphatic carbocycles. The lowest BCUT2D eigenvalue weighted by atomic mass is 9.99. The number of aromatic nitrogens is 2. The average Bonchev–Trinajstić information content (AvgIpc) is 3.29. The van der Waals surface area contributed by atoms with E-state index in [2.05, 4.69) is 9.97 Å². The Morgan fingerprint density at radius 1 is 1.15 bits per heavy atom. The second-order valence-corrected chi connectivity index (χ2v) is 8.38. The van der Waals surface area contributed by atoms with Gasteiger partial charge in [-0.15, -0.1) is 0 Å². The third kappa shape index (κ3) is 3.74. The minimum Gasteiger partial charge on any atom is -0.383 e. The van der Waals surface area contributed by atoms with Crippen LogP contribution in [0.15, 0.2) is 30.5 Å². The number of carbonyl (C=O) groups is 1. The minimum absolute atomic E-state index is 0.0579. The molecular weight excluding hydrogens is 456 g/mol. The molecule has 2 N–H and O–H groups in total. The molecule has 2 aliphatic heterocycles. The van der Waals surface area contributed by atoms with Crippen LogP contribution in [0.5, 0.6) is 0 Å². The third-order valence-electron chi connectivity index (χ3n) is 6.20. The first-order valence-electron chi connectivity index (χ1n) is 10.6. The fraction of sp³-hybridized carbons (Fsp3) is 0.348. The Bertz CT molecular complexity index is 1300. The number of anilines is 1. The van der Waals surface area contributed by atoms with Gasteiger partial charge in [0.25, 0.3) is 5.91 Å². The molecule has 0 bridgehead atoms. The molecule has 34 heavy (non-hydrogen) atoms. The summed E-state index contributed by atoms with van der Waals surface area (Å²) < 4.78 is 64.8. The molecule has 7 nitrogen and oxygen atoms in total. The van der Waals surface area contributed by atoms with E-state index in [0.29, 0.717) is 36.0 Å². The maximum Gasteiger partial charge on any atom is 0.416 e. The van der Waals surface area contributed by atoms with Gasteiger partial charge in [-0.3, -0.25) is 4.79 Å². The summed E-state index contributed by atoms with van der Waals surface area (Å²) in [7, 11) is 0. The summed E-state index contributed by atoms with van der Waals surface area (Å²) >= 11 is 0. The number of hydrogen-bond donors (Lipinski definition) is 1. The van der Waals surface area contributed by atoms with E-state index in [1.807, 2.05) is 0 Å². The number of rotatable bonds is 2. The second-order valence-electron chi connectivity index (χ2n) is 8.38. The van der Waals surface area contributed by atoms with Crippen molar-refractivity contribution in [3.8, 4) is 0 Å². The van der Waals surface area contributed by atoms with E-state index < -0.39 is 35.5 Å². The number of nitrogens with two attached hydrogens (primary N) is 1. The molecule has 0 saturated carbocycles. The molecule has 1 fully saturated rings. The minimum atomic E-state index is -4.68. The molecule has 2 aromatic heterocycles. The van der Waals surface area contributed by atoms with Gasteiger partial charge in [-0.05, 0) is 30.7 Å². The third-order valence-corrected chi connectivity index (χ3v) is 6.20. The first kappa shape index (κ1) is 22.5. The molecule has 5 rings (SSSR count). The van der Waals surface area contributed by atoms with Crippen LogP contribution in [0, 0.1) is 5.82 Å². The molecular formula is C23H20F4N4O3. The normalized spacial score (nSPS) is 20.6. The fourth-order valence-corrected chi connectivity index (χ4v) is 4.50. The summed E-state index contributed by atoms with van der Waals surface area (Å²) in [5.41, 5.74) is 7.04. The van der Waals surface area contributed by atoms with Gasteiger partial charge < -0.3 is 20.1 Å². The predicted molar refractivity (Wildman–Crippen MR) is 113 cm³/mol. The summed E-state index contributed by atoms with van der Waals surface area (Å²) in [4.78, 5) is 23.6. The molecule has 4 heterocycles. The van der Waals surface area contributed by atoms with Crippen LogP contribution < -0.4 is 5.73 Å². The fourth-order valence-electron chi connectivity index (χ4n) is 4.50. The van der Waals surface area contributed by atoms with Gasteiger partial charge in [0.05, 0.1) is 55.8 Å². The van der Waals surface area contributed by atoms with Gasteiger partial charge in [0.2, 0.25) is 0 Å². The van der Waals surface area contributed by atoms with Gasteiger partial charge in [0.1, 0.15) is 17.3 Å². The van der Waals surface area contributed by atoms with Crippen molar-refractivity contribution < 1.29 is 31.8 Å². The van der Waals surface area contributed by atoms with Crippen LogP contribution in [0.3, 0.4) is 0 Å². The van der Waals surface area contributed by atoms with Crippen molar-refractivity contribution in [3.05, 3.63) is 64.2 Å². The smallest absolute Gasteiger partial charge is 0.383 e. The summed E-state index contributed by atoms with van der Waals surface area (Å²) in [5, 5.41) is 0.679. The van der Waals surface area contributed by atoms with E-state index in [1.54, 1.807) is 13.0 Å². The maximum absolute atomic E-state index is 14.8. The van der Waals surface area contributed by atoms with Gasteiger partial charge in [0, 0.05) is 16.5 Å². The van der Waals surface area contributed by atoms with Crippen LogP contribution in [0.1, 0.15) is 45.7 Å². The van der Waals surface area contributed by atoms with Crippen LogP contribution in [-0.2, 0) is 28.9 Å². The zero-order valence-corrected chi connectivity index (χ0v) is 18.0. The highest BCUT2D eigenvalue weighted by molar-refractivity contribution is 5.97. The lowest BCUT2D eigenvalue weighted by Gasteiger charge is -2.40. The molecule has 3 aromatic rings. The van der Waals surface area contributed by atoms with Crippen molar-refractivity contribution in [2.45, 2.75) is 38.4 Å². The van der Waals surface area contributed by atoms with Crippen molar-refractivity contribution in [3.63, 3.8) is 0 Å². The van der Waals surface area contributed by atoms with Gasteiger partial charge in [-0.1, -0.05) is 6.07 Å². The van der Waals surface area contributed by atoms with E-state index in [1.165, 1.54) is 11.1 Å². The summed E-state index contributed by atoms with van der Waals surface area (Å²) in [5.74, 6) is -1.21. The zero-order valence-electron chi connectivity index (χ0n) is 18.0. The summed E-state index contributed by atoms with van der Waals surface area (Å²) in [6, 6.07) is 2.49. The molecule has 0 spiro atoms. The number of pyridine rings is 2. The average molecular weight is 476 g/mol. The second kappa shape index (κ2) is 8.17. The Kier molecular flexibility index (Phi) is 5.40. The first-order chi connectivity index (χ1) is 16.1. The number of nitrogen functional groups attached to an aromatic ring is 1. The van der Waals surface area contributed by atoms with Crippen LogP contribution in [0.25, 0.3) is 10.9 Å². The topological polar surface area (TPSA) is 90.6 Å². The number of ether oxygens (including phenoxy) is 2. The van der Waals surface area contributed by atoms with E-state index in [0.717, 1.165) is 23.3 Å². The Morgan fingerprint density at radius 2 is 1.91 bits per heavy atom. The zero-order chi connectivity index (χ0) is 24.2. The highest BCUT2D eigenvalue weighted by Gasteiger charge is 2.38. The molecule has 0 unspecified atom stereocenters. The van der Waals surface area contributed by atoms with Gasteiger partial charge in [0.15, 0.2) is 0 Å². The Balaban J connectivity index is 1.54. The summed E-state index contributed by atoms with van der Waals surface area (Å²) in [6.07, 6.45) is -3.24. The van der Waals surface area contributed by atoms with Crippen molar-refractivity contribution in [2.24, 2.45) is 0 Å². The number of halogens is 4. The van der Waals surface area contributed by atoms with Gasteiger partial charge in [-0.2, -0.15) is 13.2 Å². The Morgan fingerprint density at radius 3 is 2.65 bits per heavy atom. The lowest BCUT2D eigenvalue weighted by Crippen LogP contribution is -2.49. The Hall–Kier alpha value is -3.31. The molecule has 1 aromatic carbocycles. The number of benzene rings is 1. The van der Waals surface area contributed by atoms with Crippen LogP contribution >= 0.6 is 0 Å². The quantitative estimate of drug-likeness (QED) is 0.563. The van der Waals surface area contributed by atoms with E-state index in [9.17, 15) is 22.4 Å². The maximum atomic E-state index is 14.8. The highest BCUT2D eigenvalue weighted by atomic mass is 19.4. The molecule has 1 saturated heterocycles. The predicted octanol–water partition coefficient (Wildman–Crippen LogP) is 4.00. The molecule has 11 heteroatoms. The molecule has 2 aliphatic rings. The van der Waals surface area contributed by atoms with E-state index in [-0.39, 0.29) is 24.5 Å². The first-order valence-corrected chi connectivity index (χ1v) is 10.6. The molecule has 0 radical (unpaired) electrons. The molecule has 1 amide bonds. The van der Waals surface area contributed by atoms with Gasteiger partial charge >= 0.3 is 6.18 Å². The number of nitrogens with zero attached hydrogens (tertiary/aromatic N) is 3. The van der Waals surface area contributed by atoms with Crippen LogP contribution in [-0.4, -0.2) is 40.0 Å². The number of carbonyl (C=O) groups excluding carboxylic acids is 1. The Labute approximate surface area is 191 Å².